The zero-order valence-electron chi connectivity index (χ0n) is 16.8. The van der Waals surface area contributed by atoms with Crippen LogP contribution < -0.4 is 9.47 Å². The Kier molecular flexibility index (Phi) is 6.49. The first-order chi connectivity index (χ1) is 14.0. The molecule has 29 heavy (non-hydrogen) atoms. The van der Waals surface area contributed by atoms with Crippen molar-refractivity contribution in [2.24, 2.45) is 5.10 Å². The van der Waals surface area contributed by atoms with Crippen molar-refractivity contribution < 1.29 is 23.8 Å². The molecule has 0 saturated carbocycles. The predicted molar refractivity (Wildman–Crippen MR) is 108 cm³/mol. The normalized spacial score (nSPS) is 15.6. The molecule has 2 aromatic carbocycles. The minimum absolute atomic E-state index is 0.155. The van der Waals surface area contributed by atoms with Crippen LogP contribution in [0.2, 0.25) is 0 Å². The number of rotatable bonds is 7. The number of ether oxygens (including phenoxy) is 3. The molecule has 0 radical (unpaired) electrons. The smallest absolute Gasteiger partial charge is 0.344 e. The van der Waals surface area contributed by atoms with Gasteiger partial charge in [0.15, 0.2) is 6.61 Å². The highest BCUT2D eigenvalue weighted by Gasteiger charge is 2.32. The molecule has 7 nitrogen and oxygen atoms in total. The van der Waals surface area contributed by atoms with Crippen molar-refractivity contribution in [3.8, 4) is 11.5 Å². The van der Waals surface area contributed by atoms with Gasteiger partial charge < -0.3 is 14.2 Å². The van der Waals surface area contributed by atoms with E-state index in [2.05, 4.69) is 5.10 Å². The van der Waals surface area contributed by atoms with E-state index in [0.29, 0.717) is 24.5 Å². The highest BCUT2D eigenvalue weighted by Crippen LogP contribution is 2.36. The third-order valence-electron chi connectivity index (χ3n) is 4.56. The van der Waals surface area contributed by atoms with Gasteiger partial charge in [0.1, 0.15) is 11.5 Å². The molecule has 3 rings (SSSR count). The van der Waals surface area contributed by atoms with Gasteiger partial charge in [-0.05, 0) is 36.8 Å². The monoisotopic (exact) mass is 396 g/mol. The molecule has 0 aliphatic carbocycles. The van der Waals surface area contributed by atoms with E-state index in [0.717, 1.165) is 16.9 Å². The number of methoxy groups -OCH3 is 1. The Balaban J connectivity index is 1.87. The van der Waals surface area contributed by atoms with Crippen LogP contribution in [0.25, 0.3) is 0 Å². The van der Waals surface area contributed by atoms with Gasteiger partial charge in [0, 0.05) is 18.9 Å². The number of amides is 1. The number of esters is 1. The lowest BCUT2D eigenvalue weighted by molar-refractivity contribution is -0.145. The van der Waals surface area contributed by atoms with Crippen molar-refractivity contribution in [1.82, 2.24) is 5.01 Å². The maximum atomic E-state index is 12.2. The lowest BCUT2D eigenvalue weighted by Crippen LogP contribution is -2.24. The van der Waals surface area contributed by atoms with E-state index in [4.69, 9.17) is 14.2 Å². The maximum Gasteiger partial charge on any atom is 0.344 e. The third-order valence-corrected chi connectivity index (χ3v) is 4.56. The molecule has 0 bridgehead atoms. The Morgan fingerprint density at radius 3 is 2.69 bits per heavy atom. The average molecular weight is 396 g/mol. The van der Waals surface area contributed by atoms with Crippen LogP contribution in [0, 0.1) is 0 Å². The topological polar surface area (TPSA) is 77.4 Å². The fourth-order valence-corrected chi connectivity index (χ4v) is 3.24. The van der Waals surface area contributed by atoms with Crippen LogP contribution >= 0.6 is 0 Å². The molecule has 152 valence electrons. The first-order valence-electron chi connectivity index (χ1n) is 9.42. The van der Waals surface area contributed by atoms with Crippen LogP contribution in [-0.2, 0) is 14.3 Å². The second kappa shape index (κ2) is 9.23. The summed E-state index contributed by atoms with van der Waals surface area (Å²) >= 11 is 0. The quantitative estimate of drug-likeness (QED) is 0.671. The van der Waals surface area contributed by atoms with E-state index in [9.17, 15) is 9.59 Å². The molecule has 1 atom stereocenters. The number of hydrogen-bond donors (Lipinski definition) is 0. The molecular formula is C22H24N2O5. The Labute approximate surface area is 169 Å². The van der Waals surface area contributed by atoms with Crippen LogP contribution in [0.1, 0.15) is 37.4 Å². The van der Waals surface area contributed by atoms with Gasteiger partial charge in [0.05, 0.1) is 25.5 Å². The summed E-state index contributed by atoms with van der Waals surface area (Å²) in [5.41, 5.74) is 2.39. The van der Waals surface area contributed by atoms with Crippen molar-refractivity contribution in [1.29, 1.82) is 0 Å². The van der Waals surface area contributed by atoms with Crippen LogP contribution in [0.3, 0.4) is 0 Å². The van der Waals surface area contributed by atoms with Gasteiger partial charge in [-0.15, -0.1) is 0 Å². The minimum Gasteiger partial charge on any atom is -0.497 e. The standard InChI is InChI=1S/C22H24N2O5/c1-4-28-22(26)14-29-21-11-6-5-10-18(21)19-13-20(24(23-19)15(2)25)16-8-7-9-17(12-16)27-3/h5-12,20H,4,13-14H2,1-3H3. The van der Waals surface area contributed by atoms with Gasteiger partial charge in [-0.25, -0.2) is 9.80 Å². The highest BCUT2D eigenvalue weighted by molar-refractivity contribution is 6.05. The summed E-state index contributed by atoms with van der Waals surface area (Å²) in [6, 6.07) is 14.7. The predicted octanol–water partition coefficient (Wildman–Crippen LogP) is 3.33. The molecule has 7 heteroatoms. The van der Waals surface area contributed by atoms with Gasteiger partial charge in [0.25, 0.3) is 0 Å². The summed E-state index contributed by atoms with van der Waals surface area (Å²) in [4.78, 5) is 23.9. The van der Waals surface area contributed by atoms with Gasteiger partial charge in [0.2, 0.25) is 5.91 Å². The number of hydrogen-bond acceptors (Lipinski definition) is 6. The maximum absolute atomic E-state index is 12.2. The van der Waals surface area contributed by atoms with Gasteiger partial charge in [-0.2, -0.15) is 5.10 Å². The van der Waals surface area contributed by atoms with Crippen LogP contribution in [0.4, 0.5) is 0 Å². The van der Waals surface area contributed by atoms with E-state index >= 15 is 0 Å². The molecule has 1 heterocycles. The fourth-order valence-electron chi connectivity index (χ4n) is 3.24. The first-order valence-corrected chi connectivity index (χ1v) is 9.42. The van der Waals surface area contributed by atoms with Crippen molar-refractivity contribution in [2.45, 2.75) is 26.3 Å². The Morgan fingerprint density at radius 1 is 1.17 bits per heavy atom. The van der Waals surface area contributed by atoms with Gasteiger partial charge in [-0.1, -0.05) is 24.3 Å². The Bertz CT molecular complexity index is 925. The van der Waals surface area contributed by atoms with E-state index in [1.54, 1.807) is 20.1 Å². The number of nitrogens with zero attached hydrogens (tertiary/aromatic N) is 2. The Morgan fingerprint density at radius 2 is 1.97 bits per heavy atom. The first kappa shape index (κ1) is 20.4. The summed E-state index contributed by atoms with van der Waals surface area (Å²) in [7, 11) is 1.61. The van der Waals surface area contributed by atoms with Crippen molar-refractivity contribution in [2.75, 3.05) is 20.3 Å². The van der Waals surface area contributed by atoms with Crippen LogP contribution in [0.15, 0.2) is 53.6 Å². The molecule has 1 amide bonds. The molecule has 0 spiro atoms. The zero-order chi connectivity index (χ0) is 20.8. The number of benzene rings is 2. The fraction of sp³-hybridized carbons (Fsp3) is 0.318. The van der Waals surface area contributed by atoms with Crippen molar-refractivity contribution in [3.05, 3.63) is 59.7 Å². The lowest BCUT2D eigenvalue weighted by Gasteiger charge is -2.20. The summed E-state index contributed by atoms with van der Waals surface area (Å²) in [6.07, 6.45) is 0.520. The molecular weight excluding hydrogens is 372 g/mol. The van der Waals surface area contributed by atoms with E-state index < -0.39 is 5.97 Å². The van der Waals surface area contributed by atoms with Crippen LogP contribution in [0.5, 0.6) is 11.5 Å². The molecule has 2 aromatic rings. The number of hydrazone groups is 1. The molecule has 0 N–H and O–H groups in total. The lowest BCUT2D eigenvalue weighted by atomic mass is 9.97. The molecule has 1 aliphatic heterocycles. The largest absolute Gasteiger partial charge is 0.497 e. The van der Waals surface area contributed by atoms with E-state index in [-0.39, 0.29) is 18.6 Å². The molecule has 0 saturated heterocycles. The summed E-state index contributed by atoms with van der Waals surface area (Å²) in [5.74, 6) is 0.653. The average Bonchev–Trinajstić information content (AvgIpc) is 3.18. The second-order valence-corrected chi connectivity index (χ2v) is 6.50. The second-order valence-electron chi connectivity index (χ2n) is 6.50. The number of carbonyl (C=O) groups excluding carboxylic acids is 2. The summed E-state index contributed by atoms with van der Waals surface area (Å²) in [6.45, 7) is 3.34. The number of para-hydroxylation sites is 1. The number of carbonyl (C=O) groups is 2. The zero-order valence-corrected chi connectivity index (χ0v) is 16.8. The molecule has 0 fully saturated rings. The molecule has 1 aliphatic rings. The highest BCUT2D eigenvalue weighted by atomic mass is 16.6. The van der Waals surface area contributed by atoms with Crippen LogP contribution in [-0.4, -0.2) is 42.9 Å². The van der Waals surface area contributed by atoms with Gasteiger partial charge in [-0.3, -0.25) is 4.79 Å². The van der Waals surface area contributed by atoms with E-state index in [1.165, 1.54) is 11.9 Å². The SMILES string of the molecule is CCOC(=O)COc1ccccc1C1=NN(C(C)=O)C(c2cccc(OC)c2)C1. The van der Waals surface area contributed by atoms with Crippen molar-refractivity contribution >= 4 is 17.6 Å². The summed E-state index contributed by atoms with van der Waals surface area (Å²) < 4.78 is 15.9. The molecule has 1 unspecified atom stereocenters. The Hall–Kier alpha value is -3.35. The van der Waals surface area contributed by atoms with E-state index in [1.807, 2.05) is 42.5 Å². The molecule has 0 aromatic heterocycles. The van der Waals surface area contributed by atoms with Gasteiger partial charge >= 0.3 is 5.97 Å². The summed E-state index contributed by atoms with van der Waals surface area (Å²) in [5, 5.41) is 6.04. The minimum atomic E-state index is -0.435. The third kappa shape index (κ3) is 4.74. The van der Waals surface area contributed by atoms with Crippen molar-refractivity contribution in [3.63, 3.8) is 0 Å².